The summed E-state index contributed by atoms with van der Waals surface area (Å²) in [7, 11) is 1.70. The second-order valence-electron chi connectivity index (χ2n) is 8.75. The predicted octanol–water partition coefficient (Wildman–Crippen LogP) is 6.72. The van der Waals surface area contributed by atoms with Crippen molar-refractivity contribution in [1.29, 1.82) is 0 Å². The number of benzene rings is 3. The first kappa shape index (κ1) is 24.7. The molecular weight excluding hydrogens is 584 g/mol. The number of hydrogen-bond acceptors (Lipinski definition) is 5. The number of halogens is 2. The molecule has 0 unspecified atom stereocenters. The van der Waals surface area contributed by atoms with Crippen molar-refractivity contribution < 1.29 is 9.53 Å². The van der Waals surface area contributed by atoms with Gasteiger partial charge in [-0.15, -0.1) is 0 Å². The van der Waals surface area contributed by atoms with E-state index in [-0.39, 0.29) is 0 Å². The molecule has 2 heterocycles. The minimum atomic E-state index is -0.467. The monoisotopic (exact) mass is 608 g/mol. The van der Waals surface area contributed by atoms with Gasteiger partial charge in [-0.05, 0) is 70.0 Å². The van der Waals surface area contributed by atoms with Crippen LogP contribution in [0.2, 0.25) is 0 Å². The summed E-state index contributed by atoms with van der Waals surface area (Å²) >= 11 is 7.16. The highest BCUT2D eigenvalue weighted by molar-refractivity contribution is 9.10. The van der Waals surface area contributed by atoms with E-state index < -0.39 is 6.09 Å². The Kier molecular flexibility index (Phi) is 7.55. The molecule has 1 aliphatic rings. The largest absolute Gasteiger partial charge is 0.419 e. The molecule has 3 aromatic carbocycles. The van der Waals surface area contributed by atoms with E-state index in [0.29, 0.717) is 15.7 Å². The third kappa shape index (κ3) is 5.40. The van der Waals surface area contributed by atoms with Crippen molar-refractivity contribution in [3.8, 4) is 5.75 Å². The first-order chi connectivity index (χ1) is 17.5. The van der Waals surface area contributed by atoms with Crippen LogP contribution in [-0.4, -0.2) is 49.2 Å². The number of para-hydroxylation sites is 1. The third-order valence-electron chi connectivity index (χ3n) is 6.45. The van der Waals surface area contributed by atoms with E-state index in [9.17, 15) is 4.79 Å². The number of ether oxygens (including phenoxy) is 1. The quantitative estimate of drug-likeness (QED) is 0.251. The van der Waals surface area contributed by atoms with E-state index in [0.717, 1.165) is 53.8 Å². The molecule has 0 radical (unpaired) electrons. The van der Waals surface area contributed by atoms with Gasteiger partial charge in [0.2, 0.25) is 0 Å². The van der Waals surface area contributed by atoms with Gasteiger partial charge < -0.3 is 9.64 Å². The number of piperazine rings is 1. The Bertz CT molecular complexity index is 1360. The zero-order valence-electron chi connectivity index (χ0n) is 19.9. The maximum Gasteiger partial charge on any atom is 0.419 e. The van der Waals surface area contributed by atoms with Crippen LogP contribution in [0.5, 0.6) is 5.75 Å². The Labute approximate surface area is 227 Å². The summed E-state index contributed by atoms with van der Waals surface area (Å²) in [6.45, 7) is 4.68. The van der Waals surface area contributed by atoms with Crippen LogP contribution in [0.3, 0.4) is 0 Å². The van der Waals surface area contributed by atoms with E-state index in [1.54, 1.807) is 13.2 Å². The third-order valence-corrected chi connectivity index (χ3v) is 7.57. The Morgan fingerprint density at radius 1 is 0.972 bits per heavy atom. The number of pyridine rings is 1. The number of amides is 1. The van der Waals surface area contributed by atoms with E-state index in [2.05, 4.69) is 77.0 Å². The second-order valence-corrected chi connectivity index (χ2v) is 10.5. The molecule has 0 spiro atoms. The smallest absolute Gasteiger partial charge is 0.406 e. The molecule has 1 saturated heterocycles. The molecule has 4 aromatic rings. The van der Waals surface area contributed by atoms with Crippen LogP contribution in [0, 0.1) is 0 Å². The van der Waals surface area contributed by atoms with Gasteiger partial charge in [0.1, 0.15) is 5.52 Å². The van der Waals surface area contributed by atoms with Gasteiger partial charge in [0, 0.05) is 67.2 Å². The second kappa shape index (κ2) is 11.0. The molecule has 8 heteroatoms. The van der Waals surface area contributed by atoms with E-state index >= 15 is 0 Å². The summed E-state index contributed by atoms with van der Waals surface area (Å²) in [6, 6.07) is 23.9. The Hall–Kier alpha value is -2.94. The molecule has 1 fully saturated rings. The molecule has 0 N–H and O–H groups in total. The van der Waals surface area contributed by atoms with Gasteiger partial charge in [-0.1, -0.05) is 40.2 Å². The highest BCUT2D eigenvalue weighted by Crippen LogP contribution is 2.36. The van der Waals surface area contributed by atoms with Crippen LogP contribution < -0.4 is 14.5 Å². The minimum Gasteiger partial charge on any atom is -0.406 e. The maximum absolute atomic E-state index is 12.9. The summed E-state index contributed by atoms with van der Waals surface area (Å²) in [6.07, 6.45) is 1.26. The van der Waals surface area contributed by atoms with E-state index in [1.807, 2.05) is 42.5 Å². The molecule has 0 bridgehead atoms. The van der Waals surface area contributed by atoms with Gasteiger partial charge in [-0.2, -0.15) is 0 Å². The highest BCUT2D eigenvalue weighted by atomic mass is 79.9. The summed E-state index contributed by atoms with van der Waals surface area (Å²) in [5.74, 6) is 0.433. The van der Waals surface area contributed by atoms with Crippen LogP contribution in [0.4, 0.5) is 16.2 Å². The van der Waals surface area contributed by atoms with Crippen molar-refractivity contribution >= 4 is 60.2 Å². The number of rotatable bonds is 5. The molecule has 6 nitrogen and oxygen atoms in total. The minimum absolute atomic E-state index is 0.433. The van der Waals surface area contributed by atoms with Gasteiger partial charge in [0.15, 0.2) is 5.75 Å². The summed E-state index contributed by atoms with van der Waals surface area (Å²) < 4.78 is 7.65. The fourth-order valence-electron chi connectivity index (χ4n) is 4.45. The molecular formula is C28H26Br2N4O2. The maximum atomic E-state index is 12.9. The molecule has 184 valence electrons. The van der Waals surface area contributed by atoms with E-state index in [4.69, 9.17) is 4.74 Å². The molecule has 0 aliphatic carbocycles. The average Bonchev–Trinajstić information content (AvgIpc) is 2.92. The molecule has 1 amide bonds. The molecule has 36 heavy (non-hydrogen) atoms. The normalized spacial score (nSPS) is 14.1. The zero-order valence-corrected chi connectivity index (χ0v) is 23.1. The number of aromatic nitrogens is 1. The van der Waals surface area contributed by atoms with Crippen LogP contribution in [0.15, 0.2) is 87.9 Å². The Morgan fingerprint density at radius 3 is 2.42 bits per heavy atom. The molecule has 5 rings (SSSR count). The first-order valence-electron chi connectivity index (χ1n) is 11.8. The van der Waals surface area contributed by atoms with E-state index in [1.165, 1.54) is 10.6 Å². The van der Waals surface area contributed by atoms with Crippen molar-refractivity contribution in [1.82, 2.24) is 9.88 Å². The fourth-order valence-corrected chi connectivity index (χ4v) is 5.26. The van der Waals surface area contributed by atoms with Crippen LogP contribution in [0.25, 0.3) is 10.9 Å². The standard InChI is InChI=1S/C28H26Br2N4O2/c1-32(22-6-3-2-4-7-22)28(35)36-27-25(30)18-20(24-8-5-13-31-26(24)27)19-33-14-16-34(17-15-33)23-11-9-21(29)10-12-23/h2-13,18H,14-17,19H2,1H3. The number of carbonyl (C=O) groups is 1. The van der Waals surface area contributed by atoms with Gasteiger partial charge in [0.25, 0.3) is 0 Å². The first-order valence-corrected chi connectivity index (χ1v) is 13.4. The van der Waals surface area contributed by atoms with Crippen LogP contribution in [0.1, 0.15) is 5.56 Å². The number of anilines is 2. The van der Waals surface area contributed by atoms with Gasteiger partial charge >= 0.3 is 6.09 Å². The van der Waals surface area contributed by atoms with Crippen molar-refractivity contribution in [3.63, 3.8) is 0 Å². The zero-order chi connectivity index (χ0) is 25.1. The van der Waals surface area contributed by atoms with Crippen molar-refractivity contribution in [3.05, 3.63) is 93.5 Å². The van der Waals surface area contributed by atoms with Gasteiger partial charge in [-0.3, -0.25) is 14.8 Å². The van der Waals surface area contributed by atoms with Crippen LogP contribution >= 0.6 is 31.9 Å². The number of nitrogens with zero attached hydrogens (tertiary/aromatic N) is 4. The molecule has 0 atom stereocenters. The lowest BCUT2D eigenvalue weighted by molar-refractivity contribution is 0.209. The Morgan fingerprint density at radius 2 is 1.69 bits per heavy atom. The van der Waals surface area contributed by atoms with Gasteiger partial charge in [-0.25, -0.2) is 4.79 Å². The number of carbonyl (C=O) groups excluding carboxylic acids is 1. The van der Waals surface area contributed by atoms with Crippen molar-refractivity contribution in [2.45, 2.75) is 6.54 Å². The predicted molar refractivity (Wildman–Crippen MR) is 152 cm³/mol. The molecule has 1 aromatic heterocycles. The highest BCUT2D eigenvalue weighted by Gasteiger charge is 2.22. The Balaban J connectivity index is 1.32. The lowest BCUT2D eigenvalue weighted by Crippen LogP contribution is -2.46. The summed E-state index contributed by atoms with van der Waals surface area (Å²) in [5.41, 5.74) is 3.83. The average molecular weight is 610 g/mol. The summed E-state index contributed by atoms with van der Waals surface area (Å²) in [4.78, 5) is 23.9. The van der Waals surface area contributed by atoms with Crippen molar-refractivity contribution in [2.75, 3.05) is 43.0 Å². The fraction of sp³-hybridized carbons (Fsp3) is 0.214. The summed E-state index contributed by atoms with van der Waals surface area (Å²) in [5, 5.41) is 0.987. The number of fused-ring (bicyclic) bond motifs is 1. The number of hydrogen-bond donors (Lipinski definition) is 0. The topological polar surface area (TPSA) is 48.9 Å². The van der Waals surface area contributed by atoms with Gasteiger partial charge in [0.05, 0.1) is 4.47 Å². The molecule has 1 aliphatic heterocycles. The van der Waals surface area contributed by atoms with Crippen molar-refractivity contribution in [2.24, 2.45) is 0 Å². The van der Waals surface area contributed by atoms with Crippen LogP contribution in [-0.2, 0) is 6.54 Å². The lowest BCUT2D eigenvalue weighted by Gasteiger charge is -2.36. The lowest BCUT2D eigenvalue weighted by atomic mass is 10.1. The molecule has 0 saturated carbocycles. The SMILES string of the molecule is CN(C(=O)Oc1c(Br)cc(CN2CCN(c3ccc(Br)cc3)CC2)c2cccnc12)c1ccccc1.